The molecular weight excluding hydrogens is 510 g/mol. The lowest BCUT2D eigenvalue weighted by atomic mass is 9.68. The Hall–Kier alpha value is -3.25. The molecule has 0 amide bonds. The third kappa shape index (κ3) is 4.70. The molecule has 0 aromatic heterocycles. The first kappa shape index (κ1) is 28.3. The normalized spacial score (nSPS) is 25.2. The van der Waals surface area contributed by atoms with Gasteiger partial charge in [0.1, 0.15) is 6.23 Å². The Balaban J connectivity index is 1.61. The van der Waals surface area contributed by atoms with E-state index in [-0.39, 0.29) is 16.9 Å². The third-order valence-corrected chi connectivity index (χ3v) is 13.8. The van der Waals surface area contributed by atoms with Crippen molar-refractivity contribution < 1.29 is 14.0 Å². The molecule has 40 heavy (non-hydrogen) atoms. The van der Waals surface area contributed by atoms with E-state index in [1.807, 2.05) is 43.5 Å². The number of Topliss-reactive ketones (excluding diaryl/α,β-unsaturated/α-hetero) is 1. The van der Waals surface area contributed by atoms with Crippen LogP contribution in [0.3, 0.4) is 0 Å². The predicted molar refractivity (Wildman–Crippen MR) is 166 cm³/mol. The van der Waals surface area contributed by atoms with Crippen LogP contribution < -0.4 is 15.7 Å². The predicted octanol–water partition coefficient (Wildman–Crippen LogP) is 6.09. The maximum atomic E-state index is 14.3. The zero-order valence-electron chi connectivity index (χ0n) is 24.5. The van der Waals surface area contributed by atoms with Gasteiger partial charge in [0.05, 0.1) is 12.0 Å². The molecule has 5 heteroatoms. The van der Waals surface area contributed by atoms with Crippen molar-refractivity contribution >= 4 is 30.0 Å². The van der Waals surface area contributed by atoms with Crippen molar-refractivity contribution in [3.05, 3.63) is 114 Å². The lowest BCUT2D eigenvalue weighted by Gasteiger charge is -2.46. The highest BCUT2D eigenvalue weighted by Gasteiger charge is 2.60. The van der Waals surface area contributed by atoms with Crippen LogP contribution >= 0.6 is 0 Å². The van der Waals surface area contributed by atoms with Crippen LogP contribution in [0.1, 0.15) is 47.1 Å². The van der Waals surface area contributed by atoms with Gasteiger partial charge in [0, 0.05) is 23.8 Å². The smallest absolute Gasteiger partial charge is 0.261 e. The molecule has 1 N–H and O–H groups in total. The van der Waals surface area contributed by atoms with E-state index in [0.29, 0.717) is 12.2 Å². The lowest BCUT2D eigenvalue weighted by Crippen LogP contribution is -2.67. The van der Waals surface area contributed by atoms with Crippen LogP contribution in [0.25, 0.3) is 5.57 Å². The number of hydrogen-bond acceptors (Lipinski definition) is 4. The second kappa shape index (κ2) is 11.0. The quantitative estimate of drug-likeness (QED) is 0.285. The number of allylic oxidation sites excluding steroid dienone is 2. The molecule has 2 unspecified atom stereocenters. The van der Waals surface area contributed by atoms with Gasteiger partial charge in [-0.2, -0.15) is 0 Å². The van der Waals surface area contributed by atoms with Crippen molar-refractivity contribution in [2.45, 2.75) is 58.9 Å². The molecule has 4 atom stereocenters. The van der Waals surface area contributed by atoms with E-state index < -0.39 is 25.9 Å². The molecule has 0 aliphatic carbocycles. The summed E-state index contributed by atoms with van der Waals surface area (Å²) in [5, 5.41) is 5.73. The molecule has 0 radical (unpaired) electrons. The number of hydrogen-bond donors (Lipinski definition) is 1. The Bertz CT molecular complexity index is 1360. The minimum atomic E-state index is -2.82. The fourth-order valence-corrected chi connectivity index (χ4v) is 11.4. The van der Waals surface area contributed by atoms with E-state index in [1.54, 1.807) is 0 Å². The fourth-order valence-electron chi connectivity index (χ4n) is 6.68. The molecule has 5 rings (SSSR count). The summed E-state index contributed by atoms with van der Waals surface area (Å²) in [4.78, 5) is 14.3. The van der Waals surface area contributed by atoms with Gasteiger partial charge in [-0.05, 0) is 40.4 Å². The van der Waals surface area contributed by atoms with Gasteiger partial charge >= 0.3 is 0 Å². The fraction of sp³-hybridized carbons (Fsp3) is 0.343. The van der Waals surface area contributed by atoms with E-state index in [9.17, 15) is 4.79 Å². The van der Waals surface area contributed by atoms with Gasteiger partial charge in [-0.3, -0.25) is 4.79 Å². The first-order valence-corrected chi connectivity index (χ1v) is 16.1. The van der Waals surface area contributed by atoms with E-state index in [4.69, 9.17) is 9.16 Å². The minimum absolute atomic E-state index is 0.106. The topological polar surface area (TPSA) is 47.6 Å². The summed E-state index contributed by atoms with van der Waals surface area (Å²) in [6, 6.07) is 31.2. The average molecular weight is 552 g/mol. The Morgan fingerprint density at radius 3 is 1.98 bits per heavy atom. The molecule has 0 bridgehead atoms. The summed E-state index contributed by atoms with van der Waals surface area (Å²) < 4.78 is 14.1. The Kier molecular flexibility index (Phi) is 7.75. The molecule has 1 fully saturated rings. The molecule has 0 saturated carbocycles. The van der Waals surface area contributed by atoms with Gasteiger partial charge in [0.25, 0.3) is 8.32 Å². The van der Waals surface area contributed by atoms with E-state index in [2.05, 4.69) is 107 Å². The van der Waals surface area contributed by atoms with Crippen molar-refractivity contribution in [1.82, 2.24) is 5.32 Å². The van der Waals surface area contributed by atoms with Crippen LogP contribution in [0, 0.1) is 11.3 Å². The van der Waals surface area contributed by atoms with Crippen LogP contribution in [0.2, 0.25) is 5.04 Å². The van der Waals surface area contributed by atoms with Crippen molar-refractivity contribution in [2.24, 2.45) is 11.3 Å². The van der Waals surface area contributed by atoms with Gasteiger partial charge < -0.3 is 14.5 Å². The van der Waals surface area contributed by atoms with Gasteiger partial charge in [-0.15, -0.1) is 0 Å². The summed E-state index contributed by atoms with van der Waals surface area (Å²) in [6.07, 6.45) is 3.26. The number of carbonyl (C=O) groups excluding carboxylic acids is 1. The van der Waals surface area contributed by atoms with Crippen molar-refractivity contribution in [1.29, 1.82) is 0 Å². The largest absolute Gasteiger partial charge is 0.407 e. The molecule has 2 aliphatic rings. The second-order valence-corrected chi connectivity index (χ2v) is 16.7. The zero-order valence-corrected chi connectivity index (χ0v) is 25.5. The first-order valence-electron chi connectivity index (χ1n) is 14.2. The summed E-state index contributed by atoms with van der Waals surface area (Å²) in [6.45, 7) is 13.6. The first-order chi connectivity index (χ1) is 19.1. The number of carbonyl (C=O) groups is 1. The Morgan fingerprint density at radius 1 is 0.950 bits per heavy atom. The van der Waals surface area contributed by atoms with Gasteiger partial charge in [0.2, 0.25) is 0 Å². The number of nitrogens with one attached hydrogen (secondary N) is 1. The van der Waals surface area contributed by atoms with Gasteiger partial charge in [-0.1, -0.05) is 125 Å². The Labute approximate surface area is 240 Å². The van der Waals surface area contributed by atoms with Gasteiger partial charge in [0.15, 0.2) is 5.78 Å². The second-order valence-electron chi connectivity index (χ2n) is 12.4. The zero-order chi connectivity index (χ0) is 28.5. The molecule has 1 saturated heterocycles. The van der Waals surface area contributed by atoms with E-state index in [1.165, 1.54) is 10.4 Å². The standard InChI is InChI=1S/C35H41NO3Si/c1-7-25(2)32-35(6,30-31(37)29(23-36-33(30)39-32)26-17-11-8-12-18-26)24-38-40(34(3,4)5,27-19-13-9-14-20-27)28-21-15-10-16-22-28/h7-23,30,32-33,36H,24H2,1-6H3/b25-7+/t30?,32-,33?,35-/m0/s1. The number of ketones is 1. The third-order valence-electron chi connectivity index (χ3n) is 8.80. The minimum Gasteiger partial charge on any atom is -0.407 e. The molecule has 4 nitrogen and oxygen atoms in total. The highest BCUT2D eigenvalue weighted by molar-refractivity contribution is 6.99. The molecule has 208 valence electrons. The molecule has 3 aromatic carbocycles. The highest BCUT2D eigenvalue weighted by atomic mass is 28.4. The number of benzene rings is 3. The van der Waals surface area contributed by atoms with Crippen LogP contribution in [-0.2, 0) is 14.0 Å². The maximum absolute atomic E-state index is 14.3. The Morgan fingerprint density at radius 2 is 1.48 bits per heavy atom. The van der Waals surface area contributed by atoms with Crippen LogP contribution in [0.5, 0.6) is 0 Å². The summed E-state index contributed by atoms with van der Waals surface area (Å²) in [5.74, 6) is -0.291. The monoisotopic (exact) mass is 551 g/mol. The summed E-state index contributed by atoms with van der Waals surface area (Å²) >= 11 is 0. The number of ether oxygens (including phenoxy) is 1. The maximum Gasteiger partial charge on any atom is 0.261 e. The molecular formula is C35H41NO3Si. The van der Waals surface area contributed by atoms with Gasteiger partial charge in [-0.25, -0.2) is 0 Å². The summed E-state index contributed by atoms with van der Waals surface area (Å²) in [7, 11) is -2.82. The number of rotatable bonds is 7. The van der Waals surface area contributed by atoms with Crippen molar-refractivity contribution in [2.75, 3.05) is 6.61 Å². The van der Waals surface area contributed by atoms with E-state index in [0.717, 1.165) is 11.1 Å². The van der Waals surface area contributed by atoms with Crippen molar-refractivity contribution in [3.8, 4) is 0 Å². The molecule has 3 aromatic rings. The average Bonchev–Trinajstić information content (AvgIpc) is 3.27. The number of fused-ring (bicyclic) bond motifs is 1. The van der Waals surface area contributed by atoms with Crippen LogP contribution in [-0.4, -0.2) is 33.0 Å². The van der Waals surface area contributed by atoms with Crippen molar-refractivity contribution in [3.63, 3.8) is 0 Å². The lowest BCUT2D eigenvalue weighted by molar-refractivity contribution is -0.122. The molecule has 2 aliphatic heterocycles. The molecule has 2 heterocycles. The van der Waals surface area contributed by atoms with Crippen LogP contribution in [0.4, 0.5) is 0 Å². The van der Waals surface area contributed by atoms with Crippen LogP contribution in [0.15, 0.2) is 109 Å². The highest BCUT2D eigenvalue weighted by Crippen LogP contribution is 2.50. The molecule has 0 spiro atoms. The SMILES string of the molecule is C/C=C(\C)[C@@H]1OC2NC=C(c3ccccc3)C(=O)C2[C@]1(C)CO[Si](c1ccccc1)(c1ccccc1)C(C)(C)C. The summed E-state index contributed by atoms with van der Waals surface area (Å²) in [5.41, 5.74) is 2.13. The van der Waals surface area contributed by atoms with E-state index >= 15 is 0 Å².